The highest BCUT2D eigenvalue weighted by molar-refractivity contribution is 7.16. The molecule has 0 bridgehead atoms. The molecule has 23 heavy (non-hydrogen) atoms. The number of hydrogen-bond donors (Lipinski definition) is 1. The Labute approximate surface area is 143 Å². The summed E-state index contributed by atoms with van der Waals surface area (Å²) in [7, 11) is 0. The molecule has 3 rings (SSSR count). The van der Waals surface area contributed by atoms with Gasteiger partial charge in [0.1, 0.15) is 10.4 Å². The Bertz CT molecular complexity index is 730. The molecule has 1 aliphatic rings. The van der Waals surface area contributed by atoms with Crippen LogP contribution < -0.4 is 5.32 Å². The highest BCUT2D eigenvalue weighted by Crippen LogP contribution is 2.23. The number of rotatable bonds is 5. The lowest BCUT2D eigenvalue weighted by Crippen LogP contribution is -2.30. The first-order valence-electron chi connectivity index (χ1n) is 7.28. The third-order valence-corrected chi connectivity index (χ3v) is 4.63. The molecule has 120 valence electrons. The third-order valence-electron chi connectivity index (χ3n) is 3.46. The summed E-state index contributed by atoms with van der Waals surface area (Å²) >= 11 is 7.28. The minimum atomic E-state index is -0.284. The van der Waals surface area contributed by atoms with Crippen LogP contribution in [0.5, 0.6) is 0 Å². The Kier molecular flexibility index (Phi) is 4.93. The molecule has 1 amide bonds. The van der Waals surface area contributed by atoms with Crippen LogP contribution in [-0.4, -0.2) is 29.3 Å². The quantitative estimate of drug-likeness (QED) is 0.901. The summed E-state index contributed by atoms with van der Waals surface area (Å²) in [4.78, 5) is 21.6. The van der Waals surface area contributed by atoms with Crippen molar-refractivity contribution in [2.45, 2.75) is 25.9 Å². The number of aryl methyl sites for hydroxylation is 1. The minimum Gasteiger partial charge on any atom is -0.392 e. The van der Waals surface area contributed by atoms with Gasteiger partial charge in [-0.25, -0.2) is 4.98 Å². The number of benzene rings is 1. The van der Waals surface area contributed by atoms with E-state index in [0.29, 0.717) is 17.3 Å². The highest BCUT2D eigenvalue weighted by atomic mass is 35.5. The van der Waals surface area contributed by atoms with Crippen LogP contribution >= 0.6 is 22.9 Å². The van der Waals surface area contributed by atoms with Gasteiger partial charge < -0.3 is 10.2 Å². The summed E-state index contributed by atoms with van der Waals surface area (Å²) < 4.78 is 0.409. The maximum Gasteiger partial charge on any atom is 0.272 e. The number of carbonyl (C=O) groups excluding carboxylic acids is 1. The number of hydrogen-bond acceptors (Lipinski definition) is 5. The van der Waals surface area contributed by atoms with E-state index in [4.69, 9.17) is 16.4 Å². The average molecular weight is 350 g/mol. The fraction of sp³-hybridized carbons (Fsp3) is 0.312. The second-order valence-electron chi connectivity index (χ2n) is 5.32. The van der Waals surface area contributed by atoms with Crippen molar-refractivity contribution >= 4 is 34.6 Å². The molecule has 2 heterocycles. The molecule has 2 aromatic rings. The number of amides is 1. The fourth-order valence-corrected chi connectivity index (χ4v) is 3.48. The predicted molar refractivity (Wildman–Crippen MR) is 91.3 cm³/mol. The molecule has 1 unspecified atom stereocenters. The van der Waals surface area contributed by atoms with E-state index in [1.54, 1.807) is 0 Å². The number of carbonyl (C=O) groups is 1. The molecular formula is C16H16ClN3O2S. The second-order valence-corrected chi connectivity index (χ2v) is 7.12. The predicted octanol–water partition coefficient (Wildman–Crippen LogP) is 3.22. The standard InChI is InChI=1S/C16H16ClN3O2S/c1-10-19-14(15(17)23-10)16(21)18-9-12-8-13(22-20-12)7-11-5-3-2-4-6-11/h2-6,13H,7-9H2,1H3,(H,18,21). The van der Waals surface area contributed by atoms with Gasteiger partial charge in [0.05, 0.1) is 17.3 Å². The molecule has 1 atom stereocenters. The SMILES string of the molecule is Cc1nc(C(=O)NCC2=NOC(Cc3ccccc3)C2)c(Cl)s1. The Morgan fingerprint density at radius 3 is 2.91 bits per heavy atom. The van der Waals surface area contributed by atoms with Crippen LogP contribution in [0, 0.1) is 6.92 Å². The van der Waals surface area contributed by atoms with E-state index in [9.17, 15) is 4.79 Å². The van der Waals surface area contributed by atoms with E-state index in [2.05, 4.69) is 27.6 Å². The first kappa shape index (κ1) is 16.0. The lowest BCUT2D eigenvalue weighted by molar-refractivity contribution is 0.0859. The summed E-state index contributed by atoms with van der Waals surface area (Å²) in [5.74, 6) is -0.284. The topological polar surface area (TPSA) is 63.6 Å². The fourth-order valence-electron chi connectivity index (χ4n) is 2.39. The molecule has 0 saturated heterocycles. The maximum atomic E-state index is 12.1. The first-order valence-corrected chi connectivity index (χ1v) is 8.48. The van der Waals surface area contributed by atoms with E-state index in [-0.39, 0.29) is 17.7 Å². The van der Waals surface area contributed by atoms with Gasteiger partial charge in [0, 0.05) is 12.8 Å². The van der Waals surface area contributed by atoms with Gasteiger partial charge in [0.15, 0.2) is 5.69 Å². The lowest BCUT2D eigenvalue weighted by atomic mass is 10.0. The van der Waals surface area contributed by atoms with E-state index in [0.717, 1.165) is 17.1 Å². The lowest BCUT2D eigenvalue weighted by Gasteiger charge is -2.07. The van der Waals surface area contributed by atoms with E-state index in [1.807, 2.05) is 25.1 Å². The summed E-state index contributed by atoms with van der Waals surface area (Å²) in [6, 6.07) is 10.1. The van der Waals surface area contributed by atoms with Crippen LogP contribution in [0.25, 0.3) is 0 Å². The molecule has 5 nitrogen and oxygen atoms in total. The number of oxime groups is 1. The molecule has 7 heteroatoms. The number of thiazole rings is 1. The van der Waals surface area contributed by atoms with Gasteiger partial charge in [-0.15, -0.1) is 11.3 Å². The summed E-state index contributed by atoms with van der Waals surface area (Å²) in [5.41, 5.74) is 2.31. The van der Waals surface area contributed by atoms with Crippen LogP contribution in [-0.2, 0) is 11.3 Å². The van der Waals surface area contributed by atoms with Crippen molar-refractivity contribution in [1.82, 2.24) is 10.3 Å². The Hall–Kier alpha value is -1.92. The summed E-state index contributed by atoms with van der Waals surface area (Å²) in [5, 5.41) is 7.62. The van der Waals surface area contributed by atoms with Crippen LogP contribution in [0.4, 0.5) is 0 Å². The normalized spacial score (nSPS) is 16.8. The third kappa shape index (κ3) is 4.09. The van der Waals surface area contributed by atoms with Crippen LogP contribution in [0.1, 0.15) is 27.5 Å². The van der Waals surface area contributed by atoms with Gasteiger partial charge in [-0.1, -0.05) is 47.1 Å². The average Bonchev–Trinajstić information content (AvgIpc) is 3.12. The van der Waals surface area contributed by atoms with Crippen molar-refractivity contribution in [2.75, 3.05) is 6.54 Å². The molecule has 1 aliphatic heterocycles. The van der Waals surface area contributed by atoms with Crippen LogP contribution in [0.3, 0.4) is 0 Å². The zero-order valence-electron chi connectivity index (χ0n) is 12.6. The zero-order chi connectivity index (χ0) is 16.2. The number of nitrogens with one attached hydrogen (secondary N) is 1. The van der Waals surface area contributed by atoms with Crippen LogP contribution in [0.15, 0.2) is 35.5 Å². The van der Waals surface area contributed by atoms with Crippen molar-refractivity contribution in [3.8, 4) is 0 Å². The number of aromatic nitrogens is 1. The molecule has 0 fully saturated rings. The van der Waals surface area contributed by atoms with Crippen molar-refractivity contribution in [3.63, 3.8) is 0 Å². The zero-order valence-corrected chi connectivity index (χ0v) is 14.2. The largest absolute Gasteiger partial charge is 0.392 e. The monoisotopic (exact) mass is 349 g/mol. The summed E-state index contributed by atoms with van der Waals surface area (Å²) in [6.07, 6.45) is 1.53. The van der Waals surface area contributed by atoms with Gasteiger partial charge in [-0.05, 0) is 12.5 Å². The van der Waals surface area contributed by atoms with Gasteiger partial charge in [0.25, 0.3) is 5.91 Å². The van der Waals surface area contributed by atoms with Gasteiger partial charge >= 0.3 is 0 Å². The van der Waals surface area contributed by atoms with Crippen molar-refractivity contribution in [2.24, 2.45) is 5.16 Å². The Balaban J connectivity index is 1.48. The van der Waals surface area contributed by atoms with Gasteiger partial charge in [0.2, 0.25) is 0 Å². The smallest absolute Gasteiger partial charge is 0.272 e. The molecule has 0 aliphatic carbocycles. The van der Waals surface area contributed by atoms with Crippen molar-refractivity contribution in [3.05, 3.63) is 50.9 Å². The van der Waals surface area contributed by atoms with E-state index < -0.39 is 0 Å². The molecular weight excluding hydrogens is 334 g/mol. The van der Waals surface area contributed by atoms with Crippen molar-refractivity contribution < 1.29 is 9.63 Å². The molecule has 1 N–H and O–H groups in total. The summed E-state index contributed by atoms with van der Waals surface area (Å²) in [6.45, 7) is 2.16. The molecule has 1 aromatic carbocycles. The Morgan fingerprint density at radius 2 is 2.22 bits per heavy atom. The van der Waals surface area contributed by atoms with Crippen molar-refractivity contribution in [1.29, 1.82) is 0 Å². The van der Waals surface area contributed by atoms with Gasteiger partial charge in [-0.3, -0.25) is 4.79 Å². The molecule has 1 aromatic heterocycles. The molecule has 0 spiro atoms. The second kappa shape index (κ2) is 7.10. The number of nitrogens with zero attached hydrogens (tertiary/aromatic N) is 2. The Morgan fingerprint density at radius 1 is 1.43 bits per heavy atom. The molecule has 0 saturated carbocycles. The molecule has 0 radical (unpaired) electrons. The first-order chi connectivity index (χ1) is 11.1. The van der Waals surface area contributed by atoms with Crippen LogP contribution in [0.2, 0.25) is 4.34 Å². The number of halogens is 1. The maximum absolute atomic E-state index is 12.1. The van der Waals surface area contributed by atoms with E-state index >= 15 is 0 Å². The minimum absolute atomic E-state index is 0.0226. The van der Waals surface area contributed by atoms with E-state index in [1.165, 1.54) is 16.9 Å². The highest BCUT2D eigenvalue weighted by Gasteiger charge is 2.22. The van der Waals surface area contributed by atoms with Gasteiger partial charge in [-0.2, -0.15) is 0 Å².